The Balaban J connectivity index is 1.70. The molecule has 0 bridgehead atoms. The number of hydrogen-bond acceptors (Lipinski definition) is 6. The third kappa shape index (κ3) is 3.16. The summed E-state index contributed by atoms with van der Waals surface area (Å²) in [4.78, 5) is 8.65. The molecule has 0 amide bonds. The van der Waals surface area contributed by atoms with E-state index >= 15 is 0 Å². The van der Waals surface area contributed by atoms with Crippen molar-refractivity contribution in [1.82, 2.24) is 14.4 Å². The minimum absolute atomic E-state index is 0.00222. The predicted octanol–water partition coefficient (Wildman–Crippen LogP) is 3.71. The maximum absolute atomic E-state index is 6.80. The van der Waals surface area contributed by atoms with Crippen LogP contribution in [0.15, 0.2) is 18.6 Å². The fourth-order valence-corrected chi connectivity index (χ4v) is 5.47. The first kappa shape index (κ1) is 19.8. The topological polar surface area (TPSA) is 83.9 Å². The molecule has 8 heteroatoms. The fourth-order valence-electron chi connectivity index (χ4n) is 4.13. The predicted molar refractivity (Wildman–Crippen MR) is 111 cm³/mol. The molecule has 0 radical (unpaired) electrons. The highest BCUT2D eigenvalue weighted by Gasteiger charge is 2.57. The quantitative estimate of drug-likeness (QED) is 0.785. The molecule has 1 saturated carbocycles. The summed E-state index contributed by atoms with van der Waals surface area (Å²) in [6.45, 7) is 15.3. The van der Waals surface area contributed by atoms with E-state index in [4.69, 9.17) is 19.6 Å². The zero-order chi connectivity index (χ0) is 20.5. The highest BCUT2D eigenvalue weighted by molar-refractivity contribution is 6.74. The lowest BCUT2D eigenvalue weighted by atomic mass is 10.0. The van der Waals surface area contributed by atoms with Gasteiger partial charge in [0.05, 0.1) is 12.2 Å². The largest absolute Gasteiger partial charge is 0.411 e. The smallest absolute Gasteiger partial charge is 0.192 e. The number of aromatic nitrogens is 3. The van der Waals surface area contributed by atoms with Crippen LogP contribution in [0.3, 0.4) is 0 Å². The lowest BCUT2D eigenvalue weighted by Gasteiger charge is -2.39. The molecule has 2 aromatic rings. The second-order valence-electron chi connectivity index (χ2n) is 10.0. The van der Waals surface area contributed by atoms with Crippen molar-refractivity contribution in [2.45, 2.75) is 89.2 Å². The lowest BCUT2D eigenvalue weighted by molar-refractivity contribution is -0.162. The van der Waals surface area contributed by atoms with E-state index in [2.05, 4.69) is 43.8 Å². The molecule has 28 heavy (non-hydrogen) atoms. The fraction of sp³-hybridized carbons (Fsp3) is 0.700. The van der Waals surface area contributed by atoms with E-state index in [9.17, 15) is 0 Å². The van der Waals surface area contributed by atoms with Gasteiger partial charge in [-0.1, -0.05) is 20.8 Å². The molecule has 1 aliphatic heterocycles. The Morgan fingerprint density at radius 3 is 2.57 bits per heavy atom. The molecule has 2 aromatic heterocycles. The van der Waals surface area contributed by atoms with E-state index in [1.165, 1.54) is 0 Å². The summed E-state index contributed by atoms with van der Waals surface area (Å²) in [5.41, 5.74) is 7.76. The van der Waals surface area contributed by atoms with Crippen LogP contribution >= 0.6 is 0 Å². The van der Waals surface area contributed by atoms with Crippen LogP contribution in [-0.4, -0.2) is 46.8 Å². The zero-order valence-electron chi connectivity index (χ0n) is 17.9. The summed E-state index contributed by atoms with van der Waals surface area (Å²) in [5, 5.41) is 0.138. The van der Waals surface area contributed by atoms with Gasteiger partial charge in [-0.2, -0.15) is 0 Å². The van der Waals surface area contributed by atoms with Crippen LogP contribution in [-0.2, 0) is 13.9 Å². The van der Waals surface area contributed by atoms with Crippen molar-refractivity contribution in [1.29, 1.82) is 0 Å². The Morgan fingerprint density at radius 2 is 1.89 bits per heavy atom. The maximum Gasteiger partial charge on any atom is 0.192 e. The highest BCUT2D eigenvalue weighted by Crippen LogP contribution is 2.49. The van der Waals surface area contributed by atoms with Crippen LogP contribution in [0.25, 0.3) is 5.65 Å². The van der Waals surface area contributed by atoms with Crippen LogP contribution in [0.1, 0.15) is 52.7 Å². The van der Waals surface area contributed by atoms with Gasteiger partial charge in [0, 0.05) is 30.2 Å². The van der Waals surface area contributed by atoms with Gasteiger partial charge in [-0.3, -0.25) is 4.40 Å². The second-order valence-corrected chi connectivity index (χ2v) is 14.8. The average molecular weight is 405 g/mol. The van der Waals surface area contributed by atoms with Crippen LogP contribution in [0.5, 0.6) is 0 Å². The summed E-state index contributed by atoms with van der Waals surface area (Å²) in [7, 11) is -1.94. The Bertz CT molecular complexity index is 889. The van der Waals surface area contributed by atoms with Crippen molar-refractivity contribution in [3.8, 4) is 0 Å². The Morgan fingerprint density at radius 1 is 1.21 bits per heavy atom. The molecule has 0 spiro atoms. The number of ether oxygens (including phenoxy) is 2. The number of nitrogens with two attached hydrogens (primary N) is 1. The van der Waals surface area contributed by atoms with Crippen molar-refractivity contribution in [3.63, 3.8) is 0 Å². The summed E-state index contributed by atoms with van der Waals surface area (Å²) >= 11 is 0. The van der Waals surface area contributed by atoms with Crippen molar-refractivity contribution < 1.29 is 13.9 Å². The molecule has 4 rings (SSSR count). The van der Waals surface area contributed by atoms with Crippen LogP contribution < -0.4 is 5.73 Å². The van der Waals surface area contributed by atoms with Gasteiger partial charge < -0.3 is 19.6 Å². The van der Waals surface area contributed by atoms with Gasteiger partial charge in [-0.05, 0) is 38.4 Å². The molecule has 1 aliphatic carbocycles. The number of nitrogens with zero attached hydrogens (tertiary/aromatic N) is 3. The van der Waals surface area contributed by atoms with Crippen LogP contribution in [0.2, 0.25) is 18.1 Å². The van der Waals surface area contributed by atoms with Crippen LogP contribution in [0, 0.1) is 0 Å². The third-order valence-corrected chi connectivity index (χ3v) is 11.0. The van der Waals surface area contributed by atoms with Gasteiger partial charge in [0.1, 0.15) is 6.10 Å². The molecule has 3 heterocycles. The molecule has 0 unspecified atom stereocenters. The molecule has 0 aromatic carbocycles. The maximum atomic E-state index is 6.80. The number of nitrogen functional groups attached to an aromatic ring is 1. The molecule has 2 fully saturated rings. The van der Waals surface area contributed by atoms with Gasteiger partial charge in [0.15, 0.2) is 25.6 Å². The number of fused-ring (bicyclic) bond motifs is 2. The average Bonchev–Trinajstić information content (AvgIpc) is 3.19. The van der Waals surface area contributed by atoms with Crippen molar-refractivity contribution >= 4 is 19.8 Å². The molecule has 1 saturated heterocycles. The standard InChI is InChI=1S/C20H32N4O3Si/c1-19(2,3)28(6,7)27-14-10-12(15-16(14)26-20(4,5)25-15)13-11-23-18-17(21)22-8-9-24(13)18/h8-9,11-12,14-16H,10H2,1-7H3,(H2,21,22)/t12-,14+,15-,16+/m0/s1. The summed E-state index contributed by atoms with van der Waals surface area (Å²) in [6, 6.07) is 0. The molecular weight excluding hydrogens is 372 g/mol. The first-order valence-electron chi connectivity index (χ1n) is 10.0. The van der Waals surface area contributed by atoms with Gasteiger partial charge >= 0.3 is 0 Å². The Hall–Kier alpha value is -1.48. The van der Waals surface area contributed by atoms with Crippen molar-refractivity contribution in [3.05, 3.63) is 24.3 Å². The monoisotopic (exact) mass is 404 g/mol. The summed E-state index contributed by atoms with van der Waals surface area (Å²) in [5.74, 6) is -0.0657. The zero-order valence-corrected chi connectivity index (χ0v) is 18.9. The van der Waals surface area contributed by atoms with Crippen LogP contribution in [0.4, 0.5) is 5.82 Å². The molecular formula is C20H32N4O3Si. The minimum atomic E-state index is -1.94. The molecule has 7 nitrogen and oxygen atoms in total. The van der Waals surface area contributed by atoms with Gasteiger partial charge in [0.2, 0.25) is 0 Å². The molecule has 2 aliphatic rings. The van der Waals surface area contributed by atoms with E-state index in [1.54, 1.807) is 6.20 Å². The van der Waals surface area contributed by atoms with E-state index in [0.29, 0.717) is 11.5 Å². The van der Waals surface area contributed by atoms with Crippen molar-refractivity contribution in [2.24, 2.45) is 0 Å². The molecule has 4 atom stereocenters. The van der Waals surface area contributed by atoms with E-state index in [0.717, 1.165) is 12.1 Å². The van der Waals surface area contributed by atoms with Crippen molar-refractivity contribution in [2.75, 3.05) is 5.73 Å². The number of anilines is 1. The van der Waals surface area contributed by atoms with Gasteiger partial charge in [-0.15, -0.1) is 0 Å². The van der Waals surface area contributed by atoms with E-state index < -0.39 is 14.1 Å². The van der Waals surface area contributed by atoms with E-state index in [-0.39, 0.29) is 29.3 Å². The minimum Gasteiger partial charge on any atom is -0.411 e. The van der Waals surface area contributed by atoms with Gasteiger partial charge in [0.25, 0.3) is 0 Å². The highest BCUT2D eigenvalue weighted by atomic mass is 28.4. The van der Waals surface area contributed by atoms with Gasteiger partial charge in [-0.25, -0.2) is 9.97 Å². The SMILES string of the molecule is CC1(C)O[C@@H]2[C@H](O1)[C@H](O[Si](C)(C)C(C)(C)C)C[C@H]2c1cnc2c(N)nccn12. The first-order chi connectivity index (χ1) is 12.9. The Kier molecular flexibility index (Phi) is 4.43. The first-order valence-corrected chi connectivity index (χ1v) is 12.9. The summed E-state index contributed by atoms with van der Waals surface area (Å²) in [6.07, 6.45) is 6.19. The van der Waals surface area contributed by atoms with E-state index in [1.807, 2.05) is 30.6 Å². The molecule has 154 valence electrons. The normalized spacial score (nSPS) is 30.1. The second kappa shape index (κ2) is 6.26. The number of hydrogen-bond donors (Lipinski definition) is 1. The lowest BCUT2D eigenvalue weighted by Crippen LogP contribution is -2.46. The number of imidazole rings is 1. The molecule has 2 N–H and O–H groups in total. The Labute approximate surface area is 167 Å². The number of rotatable bonds is 3. The third-order valence-electron chi connectivity index (χ3n) is 6.53. The summed E-state index contributed by atoms with van der Waals surface area (Å²) < 4.78 is 21.5.